The largest absolute Gasteiger partial charge is 0.198 e. The summed E-state index contributed by atoms with van der Waals surface area (Å²) in [7, 11) is 0. The fraction of sp³-hybridized carbons (Fsp3) is 0.909. The van der Waals surface area contributed by atoms with Gasteiger partial charge in [-0.3, -0.25) is 0 Å². The molecule has 2 atom stereocenters. The zero-order valence-electron chi connectivity index (χ0n) is 8.62. The van der Waals surface area contributed by atoms with Gasteiger partial charge in [0.25, 0.3) is 0 Å². The van der Waals surface area contributed by atoms with Crippen LogP contribution in [0, 0.1) is 23.2 Å². The van der Waals surface area contributed by atoms with Crippen LogP contribution in [0.4, 0.5) is 0 Å². The lowest BCUT2D eigenvalue weighted by Gasteiger charge is -2.13. The van der Waals surface area contributed by atoms with Crippen LogP contribution in [0.3, 0.4) is 0 Å². The quantitative estimate of drug-likeness (QED) is 0.689. The molecular weight excluding hydrogens is 178 g/mol. The highest BCUT2D eigenvalue weighted by Crippen LogP contribution is 2.35. The number of hydrogen-bond acceptors (Lipinski definition) is 2. The molecule has 0 saturated heterocycles. The van der Waals surface area contributed by atoms with Crippen LogP contribution in [0.25, 0.3) is 0 Å². The molecule has 0 radical (unpaired) electrons. The van der Waals surface area contributed by atoms with Crippen molar-refractivity contribution in [3.05, 3.63) is 0 Å². The lowest BCUT2D eigenvalue weighted by atomic mass is 10.1. The van der Waals surface area contributed by atoms with Crippen LogP contribution in [0.1, 0.15) is 39.5 Å². The number of thioether (sulfide) groups is 1. The lowest BCUT2D eigenvalue weighted by Crippen LogP contribution is -2.08. The summed E-state index contributed by atoms with van der Waals surface area (Å²) in [6, 6.07) is 2.43. The molecule has 2 heteroatoms. The first kappa shape index (κ1) is 10.9. The molecule has 74 valence electrons. The highest BCUT2D eigenvalue weighted by Gasteiger charge is 2.26. The molecule has 1 aliphatic rings. The lowest BCUT2D eigenvalue weighted by molar-refractivity contribution is 0.629. The summed E-state index contributed by atoms with van der Waals surface area (Å²) in [6.07, 6.45) is 4.95. The zero-order valence-corrected chi connectivity index (χ0v) is 9.44. The van der Waals surface area contributed by atoms with E-state index in [2.05, 4.69) is 19.9 Å². The Hall–Kier alpha value is -0.160. The van der Waals surface area contributed by atoms with Crippen molar-refractivity contribution in [3.8, 4) is 6.07 Å². The Morgan fingerprint density at radius 1 is 1.46 bits per heavy atom. The summed E-state index contributed by atoms with van der Waals surface area (Å²) in [5, 5.41) is 9.52. The molecule has 1 saturated carbocycles. The van der Waals surface area contributed by atoms with E-state index in [4.69, 9.17) is 5.26 Å². The molecule has 0 aromatic heterocycles. The third-order valence-corrected chi connectivity index (χ3v) is 4.11. The van der Waals surface area contributed by atoms with Gasteiger partial charge in [-0.05, 0) is 30.9 Å². The molecule has 0 bridgehead atoms. The molecular formula is C11H19NS. The topological polar surface area (TPSA) is 23.8 Å². The maximum absolute atomic E-state index is 8.88. The van der Waals surface area contributed by atoms with Gasteiger partial charge in [0.15, 0.2) is 0 Å². The van der Waals surface area contributed by atoms with E-state index in [0.29, 0.717) is 11.2 Å². The van der Waals surface area contributed by atoms with Crippen molar-refractivity contribution in [1.29, 1.82) is 5.26 Å². The Morgan fingerprint density at radius 2 is 2.23 bits per heavy atom. The first-order valence-electron chi connectivity index (χ1n) is 5.25. The minimum atomic E-state index is 0.345. The average molecular weight is 197 g/mol. The molecule has 0 N–H and O–H groups in total. The standard InChI is InChI=1S/C11H19NS/c1-9(2)6-7-13-11-5-3-4-10(11)8-12/h9-11H,3-7H2,1-2H3. The van der Waals surface area contributed by atoms with Gasteiger partial charge in [0.05, 0.1) is 12.0 Å². The molecule has 1 aliphatic carbocycles. The summed E-state index contributed by atoms with van der Waals surface area (Å²) in [4.78, 5) is 0. The fourth-order valence-corrected chi connectivity index (χ4v) is 3.40. The summed E-state index contributed by atoms with van der Waals surface area (Å²) in [6.45, 7) is 4.52. The third-order valence-electron chi connectivity index (χ3n) is 2.65. The molecule has 0 spiro atoms. The number of hydrogen-bond donors (Lipinski definition) is 0. The predicted molar refractivity (Wildman–Crippen MR) is 58.7 cm³/mol. The average Bonchev–Trinajstić information content (AvgIpc) is 2.51. The zero-order chi connectivity index (χ0) is 9.68. The second-order valence-electron chi connectivity index (χ2n) is 4.26. The molecule has 1 rings (SSSR count). The Balaban J connectivity index is 2.17. The van der Waals surface area contributed by atoms with E-state index in [1.165, 1.54) is 25.0 Å². The molecule has 13 heavy (non-hydrogen) atoms. The van der Waals surface area contributed by atoms with E-state index in [9.17, 15) is 0 Å². The molecule has 2 unspecified atom stereocenters. The number of nitriles is 1. The fourth-order valence-electron chi connectivity index (χ4n) is 1.73. The molecule has 0 aromatic rings. The van der Waals surface area contributed by atoms with E-state index >= 15 is 0 Å². The van der Waals surface area contributed by atoms with Gasteiger partial charge in [-0.25, -0.2) is 0 Å². The van der Waals surface area contributed by atoms with Crippen molar-refractivity contribution in [2.24, 2.45) is 11.8 Å². The van der Waals surface area contributed by atoms with Gasteiger partial charge in [0.2, 0.25) is 0 Å². The van der Waals surface area contributed by atoms with Crippen LogP contribution < -0.4 is 0 Å². The summed E-state index contributed by atoms with van der Waals surface area (Å²) in [5.74, 6) is 2.38. The minimum absolute atomic E-state index is 0.345. The van der Waals surface area contributed by atoms with Gasteiger partial charge in [0.1, 0.15) is 0 Å². The molecule has 1 nitrogen and oxygen atoms in total. The maximum Gasteiger partial charge on any atom is 0.0667 e. The van der Waals surface area contributed by atoms with Crippen molar-refractivity contribution >= 4 is 11.8 Å². The normalized spacial score (nSPS) is 27.8. The Morgan fingerprint density at radius 3 is 2.85 bits per heavy atom. The maximum atomic E-state index is 8.88. The van der Waals surface area contributed by atoms with Crippen LogP contribution in [-0.2, 0) is 0 Å². The van der Waals surface area contributed by atoms with Gasteiger partial charge in [-0.15, -0.1) is 0 Å². The van der Waals surface area contributed by atoms with E-state index in [1.54, 1.807) is 0 Å². The SMILES string of the molecule is CC(C)CCSC1CCCC1C#N. The predicted octanol–water partition coefficient (Wildman–Crippen LogP) is 3.46. The van der Waals surface area contributed by atoms with Crippen LogP contribution >= 0.6 is 11.8 Å². The first-order chi connectivity index (χ1) is 6.24. The van der Waals surface area contributed by atoms with Gasteiger partial charge < -0.3 is 0 Å². The van der Waals surface area contributed by atoms with Gasteiger partial charge >= 0.3 is 0 Å². The van der Waals surface area contributed by atoms with E-state index < -0.39 is 0 Å². The van der Waals surface area contributed by atoms with Crippen LogP contribution in [-0.4, -0.2) is 11.0 Å². The highest BCUT2D eigenvalue weighted by molar-refractivity contribution is 7.99. The van der Waals surface area contributed by atoms with E-state index in [0.717, 1.165) is 12.3 Å². The number of nitrogens with zero attached hydrogens (tertiary/aromatic N) is 1. The summed E-state index contributed by atoms with van der Waals surface area (Å²) >= 11 is 2.02. The third kappa shape index (κ3) is 3.60. The Labute approximate surface area is 85.9 Å². The Kier molecular flexibility index (Phi) is 4.66. The highest BCUT2D eigenvalue weighted by atomic mass is 32.2. The molecule has 0 aromatic carbocycles. The first-order valence-corrected chi connectivity index (χ1v) is 6.30. The monoisotopic (exact) mass is 197 g/mol. The van der Waals surface area contributed by atoms with Gasteiger partial charge in [-0.2, -0.15) is 17.0 Å². The van der Waals surface area contributed by atoms with Crippen LogP contribution in [0.2, 0.25) is 0 Å². The second kappa shape index (κ2) is 5.54. The van der Waals surface area contributed by atoms with Crippen LogP contribution in [0.15, 0.2) is 0 Å². The van der Waals surface area contributed by atoms with Crippen molar-refractivity contribution in [2.75, 3.05) is 5.75 Å². The van der Waals surface area contributed by atoms with Crippen molar-refractivity contribution in [2.45, 2.75) is 44.8 Å². The van der Waals surface area contributed by atoms with E-state index in [1.807, 2.05) is 11.8 Å². The summed E-state index contributed by atoms with van der Waals surface area (Å²) in [5.41, 5.74) is 0. The van der Waals surface area contributed by atoms with Crippen molar-refractivity contribution in [1.82, 2.24) is 0 Å². The Bertz CT molecular complexity index is 183. The van der Waals surface area contributed by atoms with Gasteiger partial charge in [-0.1, -0.05) is 20.3 Å². The van der Waals surface area contributed by atoms with Gasteiger partial charge in [0, 0.05) is 5.25 Å². The number of rotatable bonds is 4. The smallest absolute Gasteiger partial charge is 0.0667 e. The molecule has 0 amide bonds. The second-order valence-corrected chi connectivity index (χ2v) is 5.61. The van der Waals surface area contributed by atoms with Crippen molar-refractivity contribution < 1.29 is 0 Å². The summed E-state index contributed by atoms with van der Waals surface area (Å²) < 4.78 is 0. The van der Waals surface area contributed by atoms with E-state index in [-0.39, 0.29) is 0 Å². The van der Waals surface area contributed by atoms with Crippen LogP contribution in [0.5, 0.6) is 0 Å². The molecule has 1 fully saturated rings. The van der Waals surface area contributed by atoms with Crippen molar-refractivity contribution in [3.63, 3.8) is 0 Å². The minimum Gasteiger partial charge on any atom is -0.198 e. The molecule has 0 aliphatic heterocycles. The molecule has 0 heterocycles.